The molecule has 1 N–H and O–H groups in total. The maximum Gasteiger partial charge on any atom is 0.223 e. The van der Waals surface area contributed by atoms with Crippen molar-refractivity contribution in [2.45, 2.75) is 46.6 Å². The molecule has 0 heterocycles. The van der Waals surface area contributed by atoms with Crippen LogP contribution in [0.5, 0.6) is 0 Å². The molecule has 0 aliphatic carbocycles. The highest BCUT2D eigenvalue weighted by atomic mass is 16.5. The Morgan fingerprint density at radius 2 is 1.76 bits per heavy atom. The summed E-state index contributed by atoms with van der Waals surface area (Å²) in [4.78, 5) is 13.5. The van der Waals surface area contributed by atoms with E-state index in [0.717, 1.165) is 26.2 Å². The van der Waals surface area contributed by atoms with Crippen molar-refractivity contribution < 1.29 is 9.53 Å². The summed E-state index contributed by atoms with van der Waals surface area (Å²) in [5.74, 6) is 0.222. The van der Waals surface area contributed by atoms with Gasteiger partial charge in [0.15, 0.2) is 0 Å². The van der Waals surface area contributed by atoms with Crippen molar-refractivity contribution in [2.24, 2.45) is 0 Å². The Hall–Kier alpha value is -0.610. The van der Waals surface area contributed by atoms with Gasteiger partial charge in [-0.05, 0) is 34.6 Å². The van der Waals surface area contributed by atoms with Crippen molar-refractivity contribution >= 4 is 5.91 Å². The highest BCUT2D eigenvalue weighted by molar-refractivity contribution is 5.76. The van der Waals surface area contributed by atoms with Gasteiger partial charge in [0, 0.05) is 32.6 Å². The van der Waals surface area contributed by atoms with Gasteiger partial charge in [-0.3, -0.25) is 4.79 Å². The summed E-state index contributed by atoms with van der Waals surface area (Å²) >= 11 is 0. The van der Waals surface area contributed by atoms with Crippen LogP contribution >= 0.6 is 0 Å². The quantitative estimate of drug-likeness (QED) is 0.660. The highest BCUT2D eigenvalue weighted by Crippen LogP contribution is 2.04. The Labute approximate surface area is 106 Å². The fraction of sp³-hybridized carbons (Fsp3) is 0.923. The predicted octanol–water partition coefficient (Wildman–Crippen LogP) is 1.65. The fourth-order valence-corrected chi connectivity index (χ4v) is 1.48. The first-order valence-electron chi connectivity index (χ1n) is 6.53. The maximum absolute atomic E-state index is 11.7. The van der Waals surface area contributed by atoms with E-state index in [2.05, 4.69) is 5.32 Å². The summed E-state index contributed by atoms with van der Waals surface area (Å²) < 4.78 is 5.57. The van der Waals surface area contributed by atoms with Crippen molar-refractivity contribution in [3.63, 3.8) is 0 Å². The first-order valence-corrected chi connectivity index (χ1v) is 6.53. The molecule has 0 fully saturated rings. The van der Waals surface area contributed by atoms with E-state index in [4.69, 9.17) is 4.74 Å². The van der Waals surface area contributed by atoms with Crippen LogP contribution in [-0.4, -0.2) is 49.2 Å². The molecule has 0 aliphatic heterocycles. The van der Waals surface area contributed by atoms with Gasteiger partial charge in [0.25, 0.3) is 0 Å². The average Bonchev–Trinajstić information content (AvgIpc) is 2.23. The molecule has 1 amide bonds. The van der Waals surface area contributed by atoms with Crippen molar-refractivity contribution in [3.8, 4) is 0 Å². The zero-order valence-corrected chi connectivity index (χ0v) is 12.0. The molecule has 0 aromatic carbocycles. The van der Waals surface area contributed by atoms with Gasteiger partial charge in [-0.2, -0.15) is 0 Å². The Balaban J connectivity index is 3.49. The van der Waals surface area contributed by atoms with Gasteiger partial charge < -0.3 is 15.0 Å². The van der Waals surface area contributed by atoms with Crippen LogP contribution in [0.3, 0.4) is 0 Å². The van der Waals surface area contributed by atoms with Crippen LogP contribution in [0.4, 0.5) is 0 Å². The van der Waals surface area contributed by atoms with Gasteiger partial charge in [-0.15, -0.1) is 0 Å². The summed E-state index contributed by atoms with van der Waals surface area (Å²) in [6.07, 6.45) is 0.567. The molecule has 102 valence electrons. The van der Waals surface area contributed by atoms with Crippen LogP contribution in [-0.2, 0) is 9.53 Å². The average molecular weight is 244 g/mol. The Morgan fingerprint density at radius 1 is 1.18 bits per heavy atom. The number of hydrogen-bond donors (Lipinski definition) is 1. The van der Waals surface area contributed by atoms with Gasteiger partial charge >= 0.3 is 0 Å². The molecular formula is C13H28N2O2. The molecule has 4 nitrogen and oxygen atoms in total. The molecule has 0 aromatic rings. The molecule has 0 unspecified atom stereocenters. The van der Waals surface area contributed by atoms with Gasteiger partial charge in [-0.25, -0.2) is 0 Å². The Kier molecular flexibility index (Phi) is 8.17. The molecule has 0 aliphatic rings. The number of amides is 1. The second kappa shape index (κ2) is 8.48. The third kappa shape index (κ3) is 9.12. The number of rotatable bonds is 8. The molecule has 0 rings (SSSR count). The van der Waals surface area contributed by atoms with Crippen molar-refractivity contribution in [2.75, 3.05) is 32.8 Å². The molecule has 0 aromatic heterocycles. The molecule has 0 atom stereocenters. The Morgan fingerprint density at radius 3 is 2.24 bits per heavy atom. The van der Waals surface area contributed by atoms with E-state index in [0.29, 0.717) is 13.0 Å². The summed E-state index contributed by atoms with van der Waals surface area (Å²) in [6, 6.07) is 0. The van der Waals surface area contributed by atoms with E-state index in [1.807, 2.05) is 39.5 Å². The standard InChI is InChI=1S/C13H28N2O2/c1-6-15(7-2)12(16)8-9-14-10-11-17-13(3,4)5/h14H,6-11H2,1-5H3. The summed E-state index contributed by atoms with van der Waals surface area (Å²) in [6.45, 7) is 13.9. The van der Waals surface area contributed by atoms with Crippen LogP contribution in [0.15, 0.2) is 0 Å². The maximum atomic E-state index is 11.7. The molecule has 0 spiro atoms. The molecular weight excluding hydrogens is 216 g/mol. The summed E-state index contributed by atoms with van der Waals surface area (Å²) in [5, 5.41) is 3.22. The number of carbonyl (C=O) groups is 1. The lowest BCUT2D eigenvalue weighted by Gasteiger charge is -2.20. The van der Waals surface area contributed by atoms with Crippen molar-refractivity contribution in [3.05, 3.63) is 0 Å². The molecule has 4 heteroatoms. The van der Waals surface area contributed by atoms with Gasteiger partial charge in [0.05, 0.1) is 12.2 Å². The monoisotopic (exact) mass is 244 g/mol. The van der Waals surface area contributed by atoms with Gasteiger partial charge in [0.1, 0.15) is 0 Å². The number of ether oxygens (including phenoxy) is 1. The van der Waals surface area contributed by atoms with Gasteiger partial charge in [-0.1, -0.05) is 0 Å². The lowest BCUT2D eigenvalue weighted by Crippen LogP contribution is -2.34. The largest absolute Gasteiger partial charge is 0.375 e. The third-order valence-corrected chi connectivity index (χ3v) is 2.45. The smallest absolute Gasteiger partial charge is 0.223 e. The van der Waals surface area contributed by atoms with Crippen molar-refractivity contribution in [1.29, 1.82) is 0 Å². The topological polar surface area (TPSA) is 41.6 Å². The van der Waals surface area contributed by atoms with Gasteiger partial charge in [0.2, 0.25) is 5.91 Å². The number of nitrogens with zero attached hydrogens (tertiary/aromatic N) is 1. The van der Waals surface area contributed by atoms with E-state index in [1.54, 1.807) is 0 Å². The SMILES string of the molecule is CCN(CC)C(=O)CCNCCOC(C)(C)C. The number of carbonyl (C=O) groups excluding carboxylic acids is 1. The zero-order chi connectivity index (χ0) is 13.3. The van der Waals surface area contributed by atoms with E-state index in [1.165, 1.54) is 0 Å². The molecule has 0 saturated heterocycles. The Bertz CT molecular complexity index is 208. The minimum atomic E-state index is -0.0846. The molecule has 17 heavy (non-hydrogen) atoms. The normalized spacial score (nSPS) is 11.6. The molecule has 0 radical (unpaired) electrons. The second-order valence-corrected chi connectivity index (χ2v) is 5.03. The molecule has 0 bridgehead atoms. The van der Waals surface area contributed by atoms with Crippen LogP contribution in [0.1, 0.15) is 41.0 Å². The van der Waals surface area contributed by atoms with Crippen LogP contribution < -0.4 is 5.32 Å². The third-order valence-electron chi connectivity index (χ3n) is 2.45. The minimum Gasteiger partial charge on any atom is -0.375 e. The van der Waals surface area contributed by atoms with E-state index in [9.17, 15) is 4.79 Å². The minimum absolute atomic E-state index is 0.0846. The van der Waals surface area contributed by atoms with E-state index in [-0.39, 0.29) is 11.5 Å². The first-order chi connectivity index (χ1) is 7.90. The lowest BCUT2D eigenvalue weighted by atomic mass is 10.2. The number of hydrogen-bond acceptors (Lipinski definition) is 3. The van der Waals surface area contributed by atoms with Crippen LogP contribution in [0.25, 0.3) is 0 Å². The summed E-state index contributed by atoms with van der Waals surface area (Å²) in [7, 11) is 0. The first kappa shape index (κ1) is 16.4. The van der Waals surface area contributed by atoms with Crippen molar-refractivity contribution in [1.82, 2.24) is 10.2 Å². The second-order valence-electron chi connectivity index (χ2n) is 5.03. The number of nitrogens with one attached hydrogen (secondary N) is 1. The van der Waals surface area contributed by atoms with Crippen LogP contribution in [0.2, 0.25) is 0 Å². The predicted molar refractivity (Wildman–Crippen MR) is 71.1 cm³/mol. The highest BCUT2D eigenvalue weighted by Gasteiger charge is 2.10. The summed E-state index contributed by atoms with van der Waals surface area (Å²) in [5.41, 5.74) is -0.0846. The van der Waals surface area contributed by atoms with E-state index >= 15 is 0 Å². The lowest BCUT2D eigenvalue weighted by molar-refractivity contribution is -0.130. The van der Waals surface area contributed by atoms with E-state index < -0.39 is 0 Å². The molecule has 0 saturated carbocycles. The van der Waals surface area contributed by atoms with Crippen LogP contribution in [0, 0.1) is 0 Å². The fourth-order valence-electron chi connectivity index (χ4n) is 1.48. The zero-order valence-electron chi connectivity index (χ0n) is 12.0.